The number of carboxylic acid groups (broad SMARTS) is 1. The molecule has 0 spiro atoms. The molecule has 0 aromatic carbocycles. The van der Waals surface area contributed by atoms with Crippen LogP contribution >= 0.6 is 11.5 Å². The van der Waals surface area contributed by atoms with Crippen LogP contribution in [0.25, 0.3) is 0 Å². The van der Waals surface area contributed by atoms with Crippen molar-refractivity contribution in [1.29, 1.82) is 0 Å². The summed E-state index contributed by atoms with van der Waals surface area (Å²) in [6.07, 6.45) is 1.26. The first-order valence-corrected chi connectivity index (χ1v) is 6.42. The average molecular weight is 256 g/mol. The molecule has 94 valence electrons. The van der Waals surface area contributed by atoms with E-state index in [1.165, 1.54) is 11.5 Å². The van der Waals surface area contributed by atoms with Gasteiger partial charge in [0.2, 0.25) is 0 Å². The maximum absolute atomic E-state index is 11.1. The summed E-state index contributed by atoms with van der Waals surface area (Å²) < 4.78 is 9.54. The van der Waals surface area contributed by atoms with Gasteiger partial charge in [0, 0.05) is 19.1 Å². The van der Waals surface area contributed by atoms with Gasteiger partial charge in [0.1, 0.15) is 10.6 Å². The standard InChI is InChI=1S/C11H16N2O3S/c1-6-9(11(14)15)10(17-13-6)12-5-8-3-4-16-7(8)2/h7-8,12H,3-5H2,1-2H3,(H,14,15). The molecule has 2 rings (SSSR count). The number of carboxylic acids is 1. The van der Waals surface area contributed by atoms with Crippen LogP contribution in [0.15, 0.2) is 0 Å². The van der Waals surface area contributed by atoms with E-state index >= 15 is 0 Å². The van der Waals surface area contributed by atoms with E-state index in [0.29, 0.717) is 22.2 Å². The van der Waals surface area contributed by atoms with Gasteiger partial charge in [-0.3, -0.25) is 0 Å². The summed E-state index contributed by atoms with van der Waals surface area (Å²) >= 11 is 1.21. The van der Waals surface area contributed by atoms with Gasteiger partial charge in [-0.25, -0.2) is 4.79 Å². The molecule has 1 aliphatic heterocycles. The minimum Gasteiger partial charge on any atom is -0.478 e. The highest BCUT2D eigenvalue weighted by Crippen LogP contribution is 2.26. The van der Waals surface area contributed by atoms with Crippen molar-refractivity contribution in [3.8, 4) is 0 Å². The second-order valence-corrected chi connectivity index (χ2v) is 5.06. The van der Waals surface area contributed by atoms with E-state index in [-0.39, 0.29) is 6.10 Å². The third-order valence-corrected chi connectivity index (χ3v) is 4.03. The van der Waals surface area contributed by atoms with Gasteiger partial charge >= 0.3 is 5.97 Å². The molecule has 0 saturated carbocycles. The Hall–Kier alpha value is -1.14. The molecule has 1 aromatic rings. The summed E-state index contributed by atoms with van der Waals surface area (Å²) in [6, 6.07) is 0. The molecule has 1 saturated heterocycles. The van der Waals surface area contributed by atoms with Crippen molar-refractivity contribution in [2.45, 2.75) is 26.4 Å². The highest BCUT2D eigenvalue weighted by atomic mass is 32.1. The third kappa shape index (κ3) is 2.58. The van der Waals surface area contributed by atoms with Gasteiger partial charge in [0.15, 0.2) is 0 Å². The fraction of sp³-hybridized carbons (Fsp3) is 0.636. The lowest BCUT2D eigenvalue weighted by atomic mass is 10.0. The summed E-state index contributed by atoms with van der Waals surface area (Å²) in [6.45, 7) is 5.30. The molecule has 2 N–H and O–H groups in total. The summed E-state index contributed by atoms with van der Waals surface area (Å²) in [7, 11) is 0. The van der Waals surface area contributed by atoms with Gasteiger partial charge in [-0.1, -0.05) is 0 Å². The number of nitrogens with zero attached hydrogens (tertiary/aromatic N) is 1. The van der Waals surface area contributed by atoms with Crippen molar-refractivity contribution in [1.82, 2.24) is 4.37 Å². The van der Waals surface area contributed by atoms with Crippen LogP contribution in [0.4, 0.5) is 5.00 Å². The van der Waals surface area contributed by atoms with Crippen molar-refractivity contribution in [3.63, 3.8) is 0 Å². The Bertz CT molecular complexity index is 419. The lowest BCUT2D eigenvalue weighted by Crippen LogP contribution is -2.21. The molecule has 2 unspecified atom stereocenters. The second-order valence-electron chi connectivity index (χ2n) is 4.28. The Morgan fingerprint density at radius 3 is 3.06 bits per heavy atom. The monoisotopic (exact) mass is 256 g/mol. The summed E-state index contributed by atoms with van der Waals surface area (Å²) in [5.41, 5.74) is 0.863. The van der Waals surface area contributed by atoms with Crippen LogP contribution in [0.2, 0.25) is 0 Å². The van der Waals surface area contributed by atoms with Crippen LogP contribution in [0, 0.1) is 12.8 Å². The number of hydrogen-bond acceptors (Lipinski definition) is 5. The van der Waals surface area contributed by atoms with E-state index in [0.717, 1.165) is 19.6 Å². The van der Waals surface area contributed by atoms with Gasteiger partial charge in [-0.15, -0.1) is 0 Å². The number of aromatic carboxylic acids is 1. The first-order chi connectivity index (χ1) is 8.09. The van der Waals surface area contributed by atoms with E-state index in [1.54, 1.807) is 6.92 Å². The van der Waals surface area contributed by atoms with Crippen LogP contribution in [0.5, 0.6) is 0 Å². The minimum atomic E-state index is -0.922. The maximum Gasteiger partial charge on any atom is 0.340 e. The normalized spacial score (nSPS) is 23.9. The molecule has 1 aromatic heterocycles. The molecule has 1 fully saturated rings. The average Bonchev–Trinajstić information content (AvgIpc) is 2.82. The zero-order chi connectivity index (χ0) is 12.4. The smallest absolute Gasteiger partial charge is 0.340 e. The number of nitrogens with one attached hydrogen (secondary N) is 1. The SMILES string of the molecule is Cc1nsc(NCC2CCOC2C)c1C(=O)O. The van der Waals surface area contributed by atoms with Crippen molar-refractivity contribution in [3.05, 3.63) is 11.3 Å². The minimum absolute atomic E-state index is 0.241. The van der Waals surface area contributed by atoms with Crippen LogP contribution in [-0.2, 0) is 4.74 Å². The first-order valence-electron chi connectivity index (χ1n) is 5.64. The largest absolute Gasteiger partial charge is 0.478 e. The fourth-order valence-corrected chi connectivity index (χ4v) is 2.80. The van der Waals surface area contributed by atoms with Gasteiger partial charge < -0.3 is 15.2 Å². The van der Waals surface area contributed by atoms with E-state index in [4.69, 9.17) is 9.84 Å². The lowest BCUT2D eigenvalue weighted by Gasteiger charge is -2.14. The van der Waals surface area contributed by atoms with Crippen LogP contribution in [-0.4, -0.2) is 34.7 Å². The van der Waals surface area contributed by atoms with Crippen molar-refractivity contribution < 1.29 is 14.6 Å². The highest BCUT2D eigenvalue weighted by Gasteiger charge is 2.25. The molecule has 17 heavy (non-hydrogen) atoms. The first kappa shape index (κ1) is 12.3. The van der Waals surface area contributed by atoms with Crippen molar-refractivity contribution in [2.75, 3.05) is 18.5 Å². The van der Waals surface area contributed by atoms with E-state index in [1.807, 2.05) is 0 Å². The van der Waals surface area contributed by atoms with E-state index in [2.05, 4.69) is 16.6 Å². The van der Waals surface area contributed by atoms with Crippen LogP contribution in [0.1, 0.15) is 29.4 Å². The molecule has 0 bridgehead atoms. The van der Waals surface area contributed by atoms with E-state index in [9.17, 15) is 4.79 Å². The quantitative estimate of drug-likeness (QED) is 0.862. The molecular formula is C11H16N2O3S. The Kier molecular flexibility index (Phi) is 3.63. The topological polar surface area (TPSA) is 71.5 Å². The van der Waals surface area contributed by atoms with E-state index < -0.39 is 5.97 Å². The number of aryl methyl sites for hydroxylation is 1. The van der Waals surface area contributed by atoms with Gasteiger partial charge in [0.25, 0.3) is 0 Å². The lowest BCUT2D eigenvalue weighted by molar-refractivity contribution is 0.0697. The number of anilines is 1. The van der Waals surface area contributed by atoms with Crippen molar-refractivity contribution in [2.24, 2.45) is 5.92 Å². The molecule has 0 aliphatic carbocycles. The van der Waals surface area contributed by atoms with Gasteiger partial charge in [-0.05, 0) is 31.8 Å². The van der Waals surface area contributed by atoms with Gasteiger partial charge in [-0.2, -0.15) is 4.37 Å². The number of carbonyl (C=O) groups is 1. The van der Waals surface area contributed by atoms with Gasteiger partial charge in [0.05, 0.1) is 11.8 Å². The van der Waals surface area contributed by atoms with Crippen LogP contribution < -0.4 is 5.32 Å². The zero-order valence-corrected chi connectivity index (χ0v) is 10.7. The molecular weight excluding hydrogens is 240 g/mol. The molecule has 0 radical (unpaired) electrons. The number of rotatable bonds is 4. The molecule has 2 atom stereocenters. The summed E-state index contributed by atoms with van der Waals surface area (Å²) in [5, 5.41) is 12.9. The zero-order valence-electron chi connectivity index (χ0n) is 9.90. The Morgan fingerprint density at radius 1 is 1.71 bits per heavy atom. The Labute approximate surface area is 104 Å². The molecule has 0 amide bonds. The predicted octanol–water partition coefficient (Wildman–Crippen LogP) is 1.99. The molecule has 5 nitrogen and oxygen atoms in total. The maximum atomic E-state index is 11.1. The Morgan fingerprint density at radius 2 is 2.47 bits per heavy atom. The third-order valence-electron chi connectivity index (χ3n) is 3.13. The number of hydrogen-bond donors (Lipinski definition) is 2. The van der Waals surface area contributed by atoms with Crippen LogP contribution in [0.3, 0.4) is 0 Å². The second kappa shape index (κ2) is 5.01. The highest BCUT2D eigenvalue weighted by molar-refractivity contribution is 7.10. The van der Waals surface area contributed by atoms with Crippen molar-refractivity contribution >= 4 is 22.5 Å². The molecule has 1 aliphatic rings. The number of ether oxygens (including phenoxy) is 1. The fourth-order valence-electron chi connectivity index (χ4n) is 2.01. The summed E-state index contributed by atoms with van der Waals surface area (Å²) in [4.78, 5) is 11.1. The number of aromatic nitrogens is 1. The molecule has 6 heteroatoms. The molecule has 2 heterocycles. The summed E-state index contributed by atoms with van der Waals surface area (Å²) in [5.74, 6) is -0.478. The predicted molar refractivity (Wildman–Crippen MR) is 65.8 cm³/mol. The Balaban J connectivity index is 2.01.